The zero-order valence-corrected chi connectivity index (χ0v) is 22.9. The van der Waals surface area contributed by atoms with Crippen molar-refractivity contribution in [3.05, 3.63) is 0 Å². The van der Waals surface area contributed by atoms with E-state index in [1.165, 1.54) is 83.5 Å². The van der Waals surface area contributed by atoms with E-state index >= 15 is 0 Å². The largest absolute Gasteiger partial charge is 0.394 e. The fraction of sp³-hybridized carbons (Fsp3) is 1.00. The van der Waals surface area contributed by atoms with Crippen LogP contribution in [0.25, 0.3) is 0 Å². The van der Waals surface area contributed by atoms with Crippen molar-refractivity contribution in [1.82, 2.24) is 0 Å². The van der Waals surface area contributed by atoms with E-state index in [0.717, 1.165) is 12.8 Å². The van der Waals surface area contributed by atoms with Crippen LogP contribution in [0, 0.1) is 0 Å². The topological polar surface area (TPSA) is 47.9 Å². The zero-order valence-electron chi connectivity index (χ0n) is 22.9. The van der Waals surface area contributed by atoms with Crippen LogP contribution in [0.5, 0.6) is 0 Å². The molecule has 0 aromatic rings. The van der Waals surface area contributed by atoms with Gasteiger partial charge in [0, 0.05) is 0 Å². The Hall–Kier alpha value is -0.160. The molecule has 0 aromatic heterocycles. The van der Waals surface area contributed by atoms with E-state index in [2.05, 4.69) is 41.5 Å². The lowest BCUT2D eigenvalue weighted by atomic mass is 10.1. The van der Waals surface area contributed by atoms with Gasteiger partial charge in [0.15, 0.2) is 0 Å². The molecule has 4 nitrogen and oxygen atoms in total. The van der Waals surface area contributed by atoms with Gasteiger partial charge in [-0.15, -0.1) is 0 Å². The summed E-state index contributed by atoms with van der Waals surface area (Å²) in [4.78, 5) is 0. The van der Waals surface area contributed by atoms with Gasteiger partial charge in [-0.25, -0.2) is 0 Å². The van der Waals surface area contributed by atoms with E-state index in [4.69, 9.17) is 19.3 Å². The third kappa shape index (κ3) is 27.9. The first-order valence-electron chi connectivity index (χ1n) is 13.9. The third-order valence-electron chi connectivity index (χ3n) is 5.63. The molecule has 1 aliphatic heterocycles. The molecule has 1 N–H and O–H groups in total. The summed E-state index contributed by atoms with van der Waals surface area (Å²) in [6, 6.07) is 0. The van der Waals surface area contributed by atoms with Gasteiger partial charge < -0.3 is 19.3 Å². The maximum absolute atomic E-state index is 8.47. The SMILES string of the molecule is CC1(C)CCC(COCCOCCO)O1.CCCCCCCC.CCCCCCCCC. The number of unbranched alkanes of at least 4 members (excludes halogenated alkanes) is 11. The molecule has 1 saturated heterocycles. The van der Waals surface area contributed by atoms with Crippen molar-refractivity contribution >= 4 is 0 Å². The number of hydrogen-bond acceptors (Lipinski definition) is 4. The fourth-order valence-corrected chi connectivity index (χ4v) is 3.58. The molecule has 0 aliphatic carbocycles. The molecule has 1 fully saturated rings. The van der Waals surface area contributed by atoms with Crippen LogP contribution in [0.2, 0.25) is 0 Å². The Bertz CT molecular complexity index is 321. The van der Waals surface area contributed by atoms with Crippen molar-refractivity contribution in [3.8, 4) is 0 Å². The monoisotopic (exact) mass is 460 g/mol. The quantitative estimate of drug-likeness (QED) is 0.210. The summed E-state index contributed by atoms with van der Waals surface area (Å²) in [5.74, 6) is 0. The molecule has 0 radical (unpaired) electrons. The molecule has 0 bridgehead atoms. The molecule has 0 saturated carbocycles. The van der Waals surface area contributed by atoms with Crippen molar-refractivity contribution < 1.29 is 19.3 Å². The zero-order chi connectivity index (χ0) is 24.3. The molecule has 4 heteroatoms. The van der Waals surface area contributed by atoms with Gasteiger partial charge in [-0.2, -0.15) is 0 Å². The van der Waals surface area contributed by atoms with Gasteiger partial charge in [0.2, 0.25) is 0 Å². The molecular weight excluding hydrogens is 400 g/mol. The predicted octanol–water partition coefficient (Wildman–Crippen LogP) is 8.09. The average molecular weight is 461 g/mol. The van der Waals surface area contributed by atoms with Crippen LogP contribution in [-0.4, -0.2) is 49.8 Å². The standard InChI is InChI=1S/C11H22O4.C9H20.C8H18/c1-11(2)4-3-10(15-11)9-14-8-7-13-6-5-12;1-3-5-7-9-8-6-4-2;1-3-5-7-8-6-4-2/h10,12H,3-9H2,1-2H3;3-9H2,1-2H3;3-8H2,1-2H3. The lowest BCUT2D eigenvalue weighted by Gasteiger charge is -2.19. The second-order valence-electron chi connectivity index (χ2n) is 9.63. The van der Waals surface area contributed by atoms with Crippen LogP contribution in [0.1, 0.15) is 138 Å². The highest BCUT2D eigenvalue weighted by Gasteiger charge is 2.31. The van der Waals surface area contributed by atoms with Gasteiger partial charge in [0.05, 0.1) is 44.7 Å². The molecule has 0 amide bonds. The van der Waals surface area contributed by atoms with Gasteiger partial charge >= 0.3 is 0 Å². The van der Waals surface area contributed by atoms with Gasteiger partial charge in [0.1, 0.15) is 0 Å². The van der Waals surface area contributed by atoms with Crippen LogP contribution >= 0.6 is 0 Å². The minimum atomic E-state index is 0.0153. The van der Waals surface area contributed by atoms with Crippen molar-refractivity contribution in [2.75, 3.05) is 33.0 Å². The Morgan fingerprint density at radius 2 is 1.12 bits per heavy atom. The van der Waals surface area contributed by atoms with Crippen LogP contribution in [-0.2, 0) is 14.2 Å². The van der Waals surface area contributed by atoms with Gasteiger partial charge in [-0.05, 0) is 26.7 Å². The minimum absolute atomic E-state index is 0.0153. The molecule has 1 atom stereocenters. The average Bonchev–Trinajstić information content (AvgIpc) is 3.13. The number of ether oxygens (including phenoxy) is 3. The summed E-state index contributed by atoms with van der Waals surface area (Å²) in [6.07, 6.45) is 20.9. The smallest absolute Gasteiger partial charge is 0.0816 e. The maximum atomic E-state index is 8.47. The predicted molar refractivity (Wildman–Crippen MR) is 140 cm³/mol. The maximum Gasteiger partial charge on any atom is 0.0816 e. The minimum Gasteiger partial charge on any atom is -0.394 e. The van der Waals surface area contributed by atoms with Crippen molar-refractivity contribution in [1.29, 1.82) is 0 Å². The van der Waals surface area contributed by atoms with Gasteiger partial charge in [-0.3, -0.25) is 0 Å². The first kappa shape index (κ1) is 34.0. The first-order valence-corrected chi connectivity index (χ1v) is 13.9. The highest BCUT2D eigenvalue weighted by atomic mass is 16.6. The van der Waals surface area contributed by atoms with Crippen LogP contribution in [0.15, 0.2) is 0 Å². The van der Waals surface area contributed by atoms with Crippen LogP contribution < -0.4 is 0 Å². The van der Waals surface area contributed by atoms with E-state index in [0.29, 0.717) is 26.4 Å². The summed E-state index contributed by atoms with van der Waals surface area (Å²) >= 11 is 0. The summed E-state index contributed by atoms with van der Waals surface area (Å²) < 4.78 is 16.3. The highest BCUT2D eigenvalue weighted by Crippen LogP contribution is 2.29. The Morgan fingerprint density at radius 3 is 1.50 bits per heavy atom. The molecule has 0 aromatic carbocycles. The molecular formula is C28H60O4. The van der Waals surface area contributed by atoms with Crippen molar-refractivity contribution in [3.63, 3.8) is 0 Å². The lowest BCUT2D eigenvalue weighted by Crippen LogP contribution is -2.23. The van der Waals surface area contributed by atoms with E-state index in [9.17, 15) is 0 Å². The lowest BCUT2D eigenvalue weighted by molar-refractivity contribution is -0.0610. The third-order valence-corrected chi connectivity index (χ3v) is 5.63. The van der Waals surface area contributed by atoms with Crippen molar-refractivity contribution in [2.24, 2.45) is 0 Å². The Balaban J connectivity index is 0. The number of hydrogen-bond donors (Lipinski definition) is 1. The van der Waals surface area contributed by atoms with Crippen LogP contribution in [0.3, 0.4) is 0 Å². The van der Waals surface area contributed by atoms with Crippen LogP contribution in [0.4, 0.5) is 0 Å². The number of aliphatic hydroxyl groups excluding tert-OH is 1. The molecule has 0 spiro atoms. The molecule has 1 rings (SSSR count). The summed E-state index contributed by atoms with van der Waals surface area (Å²) in [6.45, 7) is 15.5. The second kappa shape index (κ2) is 27.1. The Labute approximate surface area is 202 Å². The first-order chi connectivity index (χ1) is 15.5. The van der Waals surface area contributed by atoms with Gasteiger partial charge in [0.25, 0.3) is 0 Å². The van der Waals surface area contributed by atoms with Crippen molar-refractivity contribution in [2.45, 2.75) is 150 Å². The summed E-state index contributed by atoms with van der Waals surface area (Å²) in [7, 11) is 0. The van der Waals surface area contributed by atoms with E-state index in [-0.39, 0.29) is 18.3 Å². The number of aliphatic hydroxyl groups is 1. The summed E-state index contributed by atoms with van der Waals surface area (Å²) in [5, 5.41) is 8.47. The molecule has 196 valence electrons. The Morgan fingerprint density at radius 1 is 0.688 bits per heavy atom. The second-order valence-corrected chi connectivity index (χ2v) is 9.63. The van der Waals surface area contributed by atoms with E-state index in [1.54, 1.807) is 0 Å². The molecule has 1 heterocycles. The van der Waals surface area contributed by atoms with E-state index < -0.39 is 0 Å². The Kier molecular flexibility index (Phi) is 28.8. The molecule has 1 aliphatic rings. The molecule has 32 heavy (non-hydrogen) atoms. The summed E-state index contributed by atoms with van der Waals surface area (Å²) in [5.41, 5.74) is 0.0153. The van der Waals surface area contributed by atoms with Gasteiger partial charge in [-0.1, -0.05) is 111 Å². The van der Waals surface area contributed by atoms with E-state index in [1.807, 2.05) is 0 Å². The molecule has 1 unspecified atom stereocenters. The highest BCUT2D eigenvalue weighted by molar-refractivity contribution is 4.80. The normalized spacial score (nSPS) is 16.8. The fourth-order valence-electron chi connectivity index (χ4n) is 3.58. The number of rotatable bonds is 18.